The Labute approximate surface area is 148 Å². The van der Waals surface area contributed by atoms with E-state index < -0.39 is 11.7 Å². The van der Waals surface area contributed by atoms with E-state index in [0.717, 1.165) is 5.56 Å². The first-order chi connectivity index (χ1) is 12.5. The third kappa shape index (κ3) is 3.76. The van der Waals surface area contributed by atoms with E-state index in [1.807, 2.05) is 31.2 Å². The third-order valence-corrected chi connectivity index (χ3v) is 3.75. The smallest absolute Gasteiger partial charge is 0.280 e. The van der Waals surface area contributed by atoms with Gasteiger partial charge in [-0.2, -0.15) is 4.98 Å². The molecule has 1 atom stereocenters. The number of H-pyrrole nitrogens is 1. The van der Waals surface area contributed by atoms with Gasteiger partial charge < -0.3 is 26.0 Å². The first-order valence-electron chi connectivity index (χ1n) is 7.91. The Morgan fingerprint density at radius 1 is 1.27 bits per heavy atom. The van der Waals surface area contributed by atoms with Gasteiger partial charge in [-0.1, -0.05) is 17.7 Å². The summed E-state index contributed by atoms with van der Waals surface area (Å²) in [6, 6.07) is 7.53. The molecule has 3 aromatic rings. The summed E-state index contributed by atoms with van der Waals surface area (Å²) < 4.78 is 12.6. The number of aromatic amines is 1. The van der Waals surface area contributed by atoms with Crippen molar-refractivity contribution in [1.29, 1.82) is 0 Å². The summed E-state index contributed by atoms with van der Waals surface area (Å²) in [5.41, 5.74) is 12.3. The summed E-state index contributed by atoms with van der Waals surface area (Å²) in [5.74, 6) is 0.677. The standard InChI is InChI=1S/C16H20N6O4/c1-9-2-4-10(5-3-9)25-7-11(6-23)26-8-22-13-12(19-16(22)18)14(24)21-15(17)20-13/h2-5,11,23H,6-8H2,1H3,(H2,18,19)(H3,17,20,21,24). The van der Waals surface area contributed by atoms with Crippen molar-refractivity contribution >= 4 is 23.1 Å². The summed E-state index contributed by atoms with van der Waals surface area (Å²) in [4.78, 5) is 22.2. The molecule has 2 aromatic heterocycles. The summed E-state index contributed by atoms with van der Waals surface area (Å²) >= 11 is 0. The lowest BCUT2D eigenvalue weighted by atomic mass is 10.2. The minimum absolute atomic E-state index is 0.0509. The van der Waals surface area contributed by atoms with Crippen LogP contribution in [0, 0.1) is 6.92 Å². The number of nitrogen functional groups attached to an aromatic ring is 2. The SMILES string of the molecule is Cc1ccc(OCC(CO)OCn2c(N)nc3c(=O)[nH]c(N)nc32)cc1. The van der Waals surface area contributed by atoms with Crippen LogP contribution in [0.2, 0.25) is 0 Å². The number of hydrogen-bond acceptors (Lipinski definition) is 8. The number of fused-ring (bicyclic) bond motifs is 1. The molecule has 1 aromatic carbocycles. The van der Waals surface area contributed by atoms with Crippen molar-refractivity contribution in [2.75, 3.05) is 24.7 Å². The number of hydrogen-bond donors (Lipinski definition) is 4. The van der Waals surface area contributed by atoms with E-state index in [9.17, 15) is 9.90 Å². The number of rotatable bonds is 7. The van der Waals surface area contributed by atoms with Crippen molar-refractivity contribution < 1.29 is 14.6 Å². The van der Waals surface area contributed by atoms with Crippen molar-refractivity contribution in [2.24, 2.45) is 0 Å². The highest BCUT2D eigenvalue weighted by atomic mass is 16.5. The topological polar surface area (TPSA) is 154 Å². The molecular formula is C16H20N6O4. The van der Waals surface area contributed by atoms with E-state index in [0.29, 0.717) is 5.75 Å². The van der Waals surface area contributed by atoms with Crippen molar-refractivity contribution in [3.05, 3.63) is 40.2 Å². The Hall–Kier alpha value is -3.11. The number of aliphatic hydroxyl groups is 1. The molecule has 0 fully saturated rings. The number of ether oxygens (including phenoxy) is 2. The maximum atomic E-state index is 11.8. The monoisotopic (exact) mass is 360 g/mol. The molecule has 0 amide bonds. The zero-order chi connectivity index (χ0) is 18.7. The summed E-state index contributed by atoms with van der Waals surface area (Å²) in [5, 5.41) is 9.50. The molecule has 2 heterocycles. The fraction of sp³-hybridized carbons (Fsp3) is 0.312. The average molecular weight is 360 g/mol. The first-order valence-corrected chi connectivity index (χ1v) is 7.91. The fourth-order valence-corrected chi connectivity index (χ4v) is 2.33. The van der Waals surface area contributed by atoms with Crippen molar-refractivity contribution in [1.82, 2.24) is 19.5 Å². The van der Waals surface area contributed by atoms with Gasteiger partial charge in [0.15, 0.2) is 11.2 Å². The zero-order valence-corrected chi connectivity index (χ0v) is 14.2. The van der Waals surface area contributed by atoms with Crippen LogP contribution in [0.1, 0.15) is 5.56 Å². The predicted octanol–water partition coefficient (Wildman–Crippen LogP) is 0.00642. The van der Waals surface area contributed by atoms with Crippen LogP contribution in [0.25, 0.3) is 11.2 Å². The molecule has 0 aliphatic heterocycles. The number of nitrogens with one attached hydrogen (secondary N) is 1. The van der Waals surface area contributed by atoms with E-state index in [1.165, 1.54) is 4.57 Å². The zero-order valence-electron chi connectivity index (χ0n) is 14.2. The van der Waals surface area contributed by atoms with Gasteiger partial charge in [0.1, 0.15) is 25.2 Å². The molecule has 1 unspecified atom stereocenters. The molecule has 10 nitrogen and oxygen atoms in total. The fourth-order valence-electron chi connectivity index (χ4n) is 2.33. The molecule has 0 bridgehead atoms. The van der Waals surface area contributed by atoms with Crippen LogP contribution in [-0.4, -0.2) is 43.9 Å². The predicted molar refractivity (Wildman–Crippen MR) is 95.6 cm³/mol. The van der Waals surface area contributed by atoms with Crippen LogP contribution in [0.3, 0.4) is 0 Å². The quantitative estimate of drug-likeness (QED) is 0.459. The van der Waals surface area contributed by atoms with Gasteiger partial charge in [0.25, 0.3) is 5.56 Å². The molecule has 3 rings (SSSR count). The highest BCUT2D eigenvalue weighted by Crippen LogP contribution is 2.15. The summed E-state index contributed by atoms with van der Waals surface area (Å²) in [7, 11) is 0. The number of aryl methyl sites for hydroxylation is 1. The Morgan fingerprint density at radius 2 is 2.00 bits per heavy atom. The van der Waals surface area contributed by atoms with Gasteiger partial charge in [-0.3, -0.25) is 14.3 Å². The minimum atomic E-state index is -0.604. The Kier molecular flexibility index (Phi) is 5.05. The highest BCUT2D eigenvalue weighted by molar-refractivity contribution is 5.73. The van der Waals surface area contributed by atoms with E-state index in [-0.39, 0.29) is 43.0 Å². The van der Waals surface area contributed by atoms with Gasteiger partial charge in [0.05, 0.1) is 6.61 Å². The van der Waals surface area contributed by atoms with Gasteiger partial charge in [-0.05, 0) is 19.1 Å². The lowest BCUT2D eigenvalue weighted by Gasteiger charge is -2.17. The molecule has 138 valence electrons. The van der Waals surface area contributed by atoms with Crippen molar-refractivity contribution in [3.8, 4) is 5.75 Å². The van der Waals surface area contributed by atoms with Crippen LogP contribution in [0.5, 0.6) is 5.75 Å². The number of imidazole rings is 1. The number of aliphatic hydroxyl groups excluding tert-OH is 1. The highest BCUT2D eigenvalue weighted by Gasteiger charge is 2.16. The summed E-state index contributed by atoms with van der Waals surface area (Å²) in [6.07, 6.45) is -0.604. The second-order valence-corrected chi connectivity index (χ2v) is 5.75. The van der Waals surface area contributed by atoms with Crippen LogP contribution in [-0.2, 0) is 11.5 Å². The lowest BCUT2D eigenvalue weighted by molar-refractivity contribution is -0.0431. The van der Waals surface area contributed by atoms with E-state index in [2.05, 4.69) is 15.0 Å². The maximum absolute atomic E-state index is 11.8. The Morgan fingerprint density at radius 3 is 2.69 bits per heavy atom. The van der Waals surface area contributed by atoms with Gasteiger partial charge >= 0.3 is 0 Å². The van der Waals surface area contributed by atoms with Gasteiger partial charge in [-0.15, -0.1) is 0 Å². The third-order valence-electron chi connectivity index (χ3n) is 3.75. The lowest BCUT2D eigenvalue weighted by Crippen LogP contribution is -2.27. The largest absolute Gasteiger partial charge is 0.491 e. The maximum Gasteiger partial charge on any atom is 0.280 e. The van der Waals surface area contributed by atoms with E-state index >= 15 is 0 Å². The molecule has 0 spiro atoms. The van der Waals surface area contributed by atoms with Gasteiger partial charge in [-0.25, -0.2) is 4.98 Å². The molecule has 0 radical (unpaired) electrons. The normalized spacial score (nSPS) is 12.4. The number of nitrogens with two attached hydrogens (primary N) is 2. The van der Waals surface area contributed by atoms with Crippen LogP contribution < -0.4 is 21.8 Å². The number of nitrogens with zero attached hydrogens (tertiary/aromatic N) is 3. The molecule has 6 N–H and O–H groups in total. The second kappa shape index (κ2) is 7.42. The van der Waals surface area contributed by atoms with E-state index in [4.69, 9.17) is 20.9 Å². The Balaban J connectivity index is 1.68. The number of benzene rings is 1. The van der Waals surface area contributed by atoms with Crippen molar-refractivity contribution in [3.63, 3.8) is 0 Å². The van der Waals surface area contributed by atoms with Gasteiger partial charge in [0, 0.05) is 0 Å². The average Bonchev–Trinajstić information content (AvgIpc) is 2.93. The van der Waals surface area contributed by atoms with E-state index in [1.54, 1.807) is 0 Å². The molecule has 0 saturated carbocycles. The molecular weight excluding hydrogens is 340 g/mol. The Bertz CT molecular complexity index is 950. The van der Waals surface area contributed by atoms with Crippen LogP contribution in [0.15, 0.2) is 29.1 Å². The summed E-state index contributed by atoms with van der Waals surface area (Å²) in [6.45, 7) is 1.80. The number of aromatic nitrogens is 4. The second-order valence-electron chi connectivity index (χ2n) is 5.75. The first kappa shape index (κ1) is 17.7. The van der Waals surface area contributed by atoms with Crippen LogP contribution >= 0.6 is 0 Å². The number of anilines is 2. The molecule has 0 aliphatic rings. The molecule has 0 saturated heterocycles. The van der Waals surface area contributed by atoms with Gasteiger partial charge in [0.2, 0.25) is 11.9 Å². The molecule has 0 aliphatic carbocycles. The van der Waals surface area contributed by atoms with Crippen LogP contribution in [0.4, 0.5) is 11.9 Å². The molecule has 10 heteroatoms. The molecule has 26 heavy (non-hydrogen) atoms. The minimum Gasteiger partial charge on any atom is -0.491 e. The van der Waals surface area contributed by atoms with Crippen molar-refractivity contribution in [2.45, 2.75) is 19.8 Å².